The van der Waals surface area contributed by atoms with E-state index in [-0.39, 0.29) is 5.56 Å². The van der Waals surface area contributed by atoms with Crippen molar-refractivity contribution in [1.29, 1.82) is 0 Å². The minimum atomic E-state index is -4.36. The summed E-state index contributed by atoms with van der Waals surface area (Å²) in [5, 5.41) is 4.20. The molecule has 0 saturated heterocycles. The van der Waals surface area contributed by atoms with E-state index >= 15 is 0 Å². The second-order valence-corrected chi connectivity index (χ2v) is 6.47. The van der Waals surface area contributed by atoms with Crippen LogP contribution in [0, 0.1) is 6.92 Å². The third-order valence-electron chi connectivity index (χ3n) is 4.90. The van der Waals surface area contributed by atoms with Crippen molar-refractivity contribution in [3.8, 4) is 0 Å². The van der Waals surface area contributed by atoms with Gasteiger partial charge in [0, 0.05) is 23.0 Å². The summed E-state index contributed by atoms with van der Waals surface area (Å²) in [5.74, 6) is 0. The van der Waals surface area contributed by atoms with Crippen molar-refractivity contribution in [2.24, 2.45) is 0 Å². The summed E-state index contributed by atoms with van der Waals surface area (Å²) in [6, 6.07) is 6.05. The normalized spacial score (nSPS) is 14.6. The van der Waals surface area contributed by atoms with Gasteiger partial charge in [0.1, 0.15) is 5.65 Å². The standard InChI is InChI=1S/C19H18F3N3/c1-11-13(19(20,21)22)6-4-8-14(11)24-16-9-10-23-18-17(16)12-5-2-3-7-15(12)25-18/h4,6,8-10H,2-3,5,7H2,1H3,(H2,23,24,25). The number of aromatic amines is 1. The lowest BCUT2D eigenvalue weighted by Gasteiger charge is -2.17. The number of hydrogen-bond acceptors (Lipinski definition) is 2. The number of fused-ring (bicyclic) bond motifs is 3. The molecular formula is C19H18F3N3. The first kappa shape index (κ1) is 16.0. The summed E-state index contributed by atoms with van der Waals surface area (Å²) in [4.78, 5) is 7.75. The number of pyridine rings is 1. The maximum Gasteiger partial charge on any atom is 0.416 e. The molecule has 25 heavy (non-hydrogen) atoms. The average Bonchev–Trinajstić information content (AvgIpc) is 2.95. The van der Waals surface area contributed by atoms with Crippen LogP contribution in [0.4, 0.5) is 24.5 Å². The molecule has 0 aliphatic heterocycles. The number of alkyl halides is 3. The first-order chi connectivity index (χ1) is 11.9. The van der Waals surface area contributed by atoms with Gasteiger partial charge in [-0.05, 0) is 61.9 Å². The number of halogens is 3. The molecule has 0 bridgehead atoms. The molecule has 3 nitrogen and oxygen atoms in total. The number of nitrogens with zero attached hydrogens (tertiary/aromatic N) is 1. The lowest BCUT2D eigenvalue weighted by Crippen LogP contribution is -2.09. The monoisotopic (exact) mass is 345 g/mol. The van der Waals surface area contributed by atoms with Gasteiger partial charge in [-0.25, -0.2) is 4.98 Å². The van der Waals surface area contributed by atoms with Crippen LogP contribution in [-0.4, -0.2) is 9.97 Å². The predicted molar refractivity (Wildman–Crippen MR) is 92.2 cm³/mol. The number of rotatable bonds is 2. The van der Waals surface area contributed by atoms with Crippen LogP contribution in [0.3, 0.4) is 0 Å². The van der Waals surface area contributed by atoms with Crippen LogP contribution in [0.1, 0.15) is 35.2 Å². The maximum absolute atomic E-state index is 13.2. The highest BCUT2D eigenvalue weighted by atomic mass is 19.4. The van der Waals surface area contributed by atoms with Gasteiger partial charge in [0.2, 0.25) is 0 Å². The van der Waals surface area contributed by atoms with Crippen molar-refractivity contribution in [1.82, 2.24) is 9.97 Å². The smallest absolute Gasteiger partial charge is 0.355 e. The second-order valence-electron chi connectivity index (χ2n) is 6.47. The molecule has 2 N–H and O–H groups in total. The molecule has 0 fully saturated rings. The molecule has 2 heterocycles. The molecule has 0 radical (unpaired) electrons. The molecule has 0 atom stereocenters. The Hall–Kier alpha value is -2.50. The molecule has 0 saturated carbocycles. The summed E-state index contributed by atoms with van der Waals surface area (Å²) >= 11 is 0. The van der Waals surface area contributed by atoms with E-state index in [0.717, 1.165) is 48.5 Å². The van der Waals surface area contributed by atoms with Gasteiger partial charge in [0.15, 0.2) is 0 Å². The molecule has 0 amide bonds. The number of H-pyrrole nitrogens is 1. The molecule has 1 aliphatic carbocycles. The van der Waals surface area contributed by atoms with E-state index in [9.17, 15) is 13.2 Å². The SMILES string of the molecule is Cc1c(Nc2ccnc3[nH]c4c(c23)CCCC4)cccc1C(F)(F)F. The van der Waals surface area contributed by atoms with Gasteiger partial charge >= 0.3 is 6.18 Å². The van der Waals surface area contributed by atoms with E-state index in [0.29, 0.717) is 5.69 Å². The predicted octanol–water partition coefficient (Wildman–Crippen LogP) is 5.51. The van der Waals surface area contributed by atoms with Crippen LogP contribution in [0.5, 0.6) is 0 Å². The van der Waals surface area contributed by atoms with Crippen molar-refractivity contribution in [2.75, 3.05) is 5.32 Å². The minimum Gasteiger partial charge on any atom is -0.355 e. The molecule has 1 aliphatic rings. The third-order valence-corrected chi connectivity index (χ3v) is 4.90. The van der Waals surface area contributed by atoms with Gasteiger partial charge in [-0.2, -0.15) is 13.2 Å². The third kappa shape index (κ3) is 2.75. The maximum atomic E-state index is 13.2. The molecule has 3 aromatic rings. The van der Waals surface area contributed by atoms with E-state index in [2.05, 4.69) is 15.3 Å². The van der Waals surface area contributed by atoms with Crippen molar-refractivity contribution in [3.05, 3.63) is 52.8 Å². The summed E-state index contributed by atoms with van der Waals surface area (Å²) in [7, 11) is 0. The fourth-order valence-electron chi connectivity index (χ4n) is 3.65. The Morgan fingerprint density at radius 3 is 2.68 bits per heavy atom. The Balaban J connectivity index is 1.81. The number of aromatic nitrogens is 2. The van der Waals surface area contributed by atoms with Crippen LogP contribution in [0.2, 0.25) is 0 Å². The van der Waals surface area contributed by atoms with Gasteiger partial charge in [0.25, 0.3) is 0 Å². The molecule has 6 heteroatoms. The van der Waals surface area contributed by atoms with E-state index in [1.807, 2.05) is 6.07 Å². The van der Waals surface area contributed by atoms with E-state index in [1.165, 1.54) is 24.2 Å². The summed E-state index contributed by atoms with van der Waals surface area (Å²) < 4.78 is 39.5. The largest absolute Gasteiger partial charge is 0.416 e. The summed E-state index contributed by atoms with van der Waals surface area (Å²) in [6.07, 6.45) is 1.55. The zero-order valence-electron chi connectivity index (χ0n) is 13.8. The van der Waals surface area contributed by atoms with Crippen molar-refractivity contribution >= 4 is 22.4 Å². The van der Waals surface area contributed by atoms with Gasteiger partial charge in [-0.3, -0.25) is 0 Å². The number of hydrogen-bond donors (Lipinski definition) is 2. The van der Waals surface area contributed by atoms with Crippen LogP contribution in [0.15, 0.2) is 30.5 Å². The van der Waals surface area contributed by atoms with Crippen molar-refractivity contribution < 1.29 is 13.2 Å². The number of anilines is 2. The van der Waals surface area contributed by atoms with Crippen LogP contribution in [-0.2, 0) is 19.0 Å². The van der Waals surface area contributed by atoms with E-state index in [4.69, 9.17) is 0 Å². The Bertz CT molecular complexity index is 941. The highest BCUT2D eigenvalue weighted by molar-refractivity contribution is 5.95. The molecule has 130 valence electrons. The molecule has 0 unspecified atom stereocenters. The molecule has 4 rings (SSSR count). The van der Waals surface area contributed by atoms with Crippen LogP contribution in [0.25, 0.3) is 11.0 Å². The first-order valence-corrected chi connectivity index (χ1v) is 8.37. The number of aryl methyl sites for hydroxylation is 2. The molecule has 2 aromatic heterocycles. The van der Waals surface area contributed by atoms with E-state index in [1.54, 1.807) is 12.3 Å². The van der Waals surface area contributed by atoms with Gasteiger partial charge in [-0.15, -0.1) is 0 Å². The van der Waals surface area contributed by atoms with Crippen molar-refractivity contribution in [2.45, 2.75) is 38.8 Å². The molecule has 1 aromatic carbocycles. The Morgan fingerprint density at radius 1 is 1.08 bits per heavy atom. The zero-order chi connectivity index (χ0) is 17.6. The van der Waals surface area contributed by atoms with Crippen LogP contribution < -0.4 is 5.32 Å². The Morgan fingerprint density at radius 2 is 1.88 bits per heavy atom. The highest BCUT2D eigenvalue weighted by Crippen LogP contribution is 2.38. The number of nitrogens with one attached hydrogen (secondary N) is 2. The molecule has 0 spiro atoms. The average molecular weight is 345 g/mol. The summed E-state index contributed by atoms with van der Waals surface area (Å²) in [5.41, 5.74) is 4.08. The topological polar surface area (TPSA) is 40.7 Å². The first-order valence-electron chi connectivity index (χ1n) is 8.37. The lowest BCUT2D eigenvalue weighted by atomic mass is 9.95. The second kappa shape index (κ2) is 5.79. The zero-order valence-corrected chi connectivity index (χ0v) is 13.8. The van der Waals surface area contributed by atoms with Gasteiger partial charge in [0.05, 0.1) is 11.3 Å². The Kier molecular flexibility index (Phi) is 3.71. The van der Waals surface area contributed by atoms with Crippen molar-refractivity contribution in [3.63, 3.8) is 0 Å². The quantitative estimate of drug-likeness (QED) is 0.643. The van der Waals surface area contributed by atoms with Gasteiger partial charge in [-0.1, -0.05) is 6.07 Å². The summed E-state index contributed by atoms with van der Waals surface area (Å²) in [6.45, 7) is 1.50. The minimum absolute atomic E-state index is 0.198. The van der Waals surface area contributed by atoms with Crippen LogP contribution >= 0.6 is 0 Å². The fourth-order valence-corrected chi connectivity index (χ4v) is 3.65. The van der Waals surface area contributed by atoms with E-state index < -0.39 is 11.7 Å². The number of benzene rings is 1. The van der Waals surface area contributed by atoms with Gasteiger partial charge < -0.3 is 10.3 Å². The highest BCUT2D eigenvalue weighted by Gasteiger charge is 2.33. The lowest BCUT2D eigenvalue weighted by molar-refractivity contribution is -0.138. The fraction of sp³-hybridized carbons (Fsp3) is 0.316. The molecular weight excluding hydrogens is 327 g/mol. The Labute approximate surface area is 143 Å².